The first-order chi connectivity index (χ1) is 39.2. The molecule has 0 saturated carbocycles. The number of nitrogens with zero attached hydrogens (tertiary/aromatic N) is 7. The van der Waals surface area contributed by atoms with Gasteiger partial charge < -0.3 is 72.0 Å². The number of piperidine rings is 1. The summed E-state index contributed by atoms with van der Waals surface area (Å²) in [6.45, 7) is 7.03. The van der Waals surface area contributed by atoms with Crippen LogP contribution in [0.4, 0.5) is 37.5 Å². The molecule has 3 aromatic heterocycles. The van der Waals surface area contributed by atoms with Crippen molar-refractivity contribution in [2.24, 2.45) is 0 Å². The number of methoxy groups -OCH3 is 1. The second-order valence-corrected chi connectivity index (χ2v) is 23.1. The number of piperazine rings is 1. The zero-order valence-electron chi connectivity index (χ0n) is 46.0. The molecule has 4 aliphatic heterocycles. The Hall–Kier alpha value is -6.67. The summed E-state index contributed by atoms with van der Waals surface area (Å²) in [6, 6.07) is 19.9. The number of anilines is 5. The van der Waals surface area contributed by atoms with Crippen LogP contribution in [0.15, 0.2) is 102 Å². The molecule has 0 bridgehead atoms. The number of para-hydroxylation sites is 1. The third kappa shape index (κ3) is 14.5. The first-order valence-electron chi connectivity index (χ1n) is 27.6. The van der Waals surface area contributed by atoms with E-state index >= 15 is 8.63 Å². The number of aromatic amines is 1. The van der Waals surface area contributed by atoms with Gasteiger partial charge in [0.2, 0.25) is 17.8 Å². The number of hydrogen-bond acceptors (Lipinski definition) is 15. The molecule has 25 heteroatoms. The van der Waals surface area contributed by atoms with E-state index in [1.165, 1.54) is 6.20 Å². The van der Waals surface area contributed by atoms with Crippen LogP contribution in [-0.2, 0) is 44.8 Å². The molecule has 0 spiro atoms. The molecule has 20 nitrogen and oxygen atoms in total. The van der Waals surface area contributed by atoms with E-state index in [1.54, 1.807) is 93.9 Å². The number of sulfone groups is 1. The topological polar surface area (TPSA) is 210 Å². The van der Waals surface area contributed by atoms with E-state index in [9.17, 15) is 18.0 Å². The number of nitrogens with one attached hydrogen (secondary N) is 4. The highest BCUT2D eigenvalue weighted by molar-refractivity contribution is 7.92. The third-order valence-corrected chi connectivity index (χ3v) is 17.3. The lowest BCUT2D eigenvalue weighted by atomic mass is 9.90. The molecule has 7 heterocycles. The summed E-state index contributed by atoms with van der Waals surface area (Å²) in [6.07, 6.45) is 10.8. The van der Waals surface area contributed by atoms with Crippen LogP contribution in [-0.4, -0.2) is 184 Å². The fraction of sp³-hybridized carbons (Fsp3) is 0.446. The molecular weight excluding hydrogens is 1090 g/mol. The normalized spacial score (nSPS) is 16.4. The van der Waals surface area contributed by atoms with Crippen LogP contribution in [0.1, 0.15) is 56.6 Å². The molecule has 2 amide bonds. The molecule has 0 atom stereocenters. The minimum absolute atomic E-state index is 0.0627. The molecule has 0 radical (unpaired) electrons. The van der Waals surface area contributed by atoms with E-state index in [1.807, 2.05) is 23.1 Å². The maximum atomic E-state index is 16.0. The van der Waals surface area contributed by atoms with Crippen LogP contribution >= 0.6 is 11.6 Å². The van der Waals surface area contributed by atoms with Crippen LogP contribution < -0.4 is 25.6 Å². The van der Waals surface area contributed by atoms with Crippen molar-refractivity contribution in [3.05, 3.63) is 119 Å². The number of fused-ring (bicyclic) bond motifs is 2. The lowest BCUT2D eigenvalue weighted by molar-refractivity contribution is -0.360. The fourth-order valence-electron chi connectivity index (χ4n) is 10.4. The van der Waals surface area contributed by atoms with Crippen LogP contribution in [0.3, 0.4) is 0 Å². The summed E-state index contributed by atoms with van der Waals surface area (Å²) < 4.78 is 88.5. The van der Waals surface area contributed by atoms with Crippen molar-refractivity contribution < 1.29 is 54.8 Å². The van der Waals surface area contributed by atoms with E-state index in [2.05, 4.69) is 40.7 Å². The van der Waals surface area contributed by atoms with E-state index in [4.69, 9.17) is 35.3 Å². The summed E-state index contributed by atoms with van der Waals surface area (Å²) in [4.78, 5) is 44.5. The predicted molar refractivity (Wildman–Crippen MR) is 308 cm³/mol. The first-order valence-corrected chi connectivity index (χ1v) is 29.5. The molecule has 434 valence electrons. The summed E-state index contributed by atoms with van der Waals surface area (Å²) >= 11 is 6.47. The van der Waals surface area contributed by atoms with E-state index in [0.29, 0.717) is 117 Å². The van der Waals surface area contributed by atoms with Gasteiger partial charge in [0.15, 0.2) is 27.1 Å². The molecule has 0 aliphatic carbocycles. The number of ether oxygens (including phenoxy) is 5. The smallest absolute Gasteiger partial charge is 0.494 e. The van der Waals surface area contributed by atoms with Gasteiger partial charge in [-0.2, -0.15) is 4.98 Å². The van der Waals surface area contributed by atoms with Crippen LogP contribution in [0, 0.1) is 0 Å². The van der Waals surface area contributed by atoms with Crippen molar-refractivity contribution in [1.29, 1.82) is 0 Å². The standard InChI is InChI=1S/C56H71BClF2N11O9S/c1-40(2)81(74,75)52-9-5-4-7-49(52)64-55-46(58)39-63-56(66-55)65-48-15-12-43(38-51(48)76-3)67-23-18-41(19-24-67)68-25-27-69(28-26-68)54(73)20-29-77-31-33-79-35-36-80-34-32-78-30-22-62-53(72)17-14-42-10-11-44-37-45-13-16-50(47-8-6-21-61-47)71(45)57(59,60)70(42)44/h4-13,15-16,21,37-41,61H,14,17-20,22-36H2,1-3H3,(H,62,72)(H2,63,64,65,66). The van der Waals surface area contributed by atoms with Crippen molar-refractivity contribution in [3.8, 4) is 5.75 Å². The van der Waals surface area contributed by atoms with Crippen molar-refractivity contribution >= 4 is 80.8 Å². The Bertz CT molecular complexity index is 3180. The molecule has 2 aromatic carbocycles. The third-order valence-electron chi connectivity index (χ3n) is 14.8. The van der Waals surface area contributed by atoms with Crippen LogP contribution in [0.25, 0.3) is 6.08 Å². The highest BCUT2D eigenvalue weighted by Gasteiger charge is 2.52. The van der Waals surface area contributed by atoms with Crippen molar-refractivity contribution in [2.45, 2.75) is 62.1 Å². The van der Waals surface area contributed by atoms with E-state index < -0.39 is 22.1 Å². The number of hydrogen-bond donors (Lipinski definition) is 4. The Morgan fingerprint density at radius 1 is 0.840 bits per heavy atom. The molecule has 4 N–H and O–H groups in total. The van der Waals surface area contributed by atoms with Gasteiger partial charge in [0.25, 0.3) is 0 Å². The number of carbonyl (C=O) groups excluding carboxylic acids is 2. The minimum Gasteiger partial charge on any atom is -0.494 e. The Morgan fingerprint density at radius 3 is 2.26 bits per heavy atom. The number of benzene rings is 2. The maximum absolute atomic E-state index is 16.0. The largest absolute Gasteiger partial charge is 0.737 e. The van der Waals surface area contributed by atoms with Gasteiger partial charge in [-0.05, 0) is 87.3 Å². The number of H-pyrrole nitrogens is 1. The monoisotopic (exact) mass is 1160 g/mol. The summed E-state index contributed by atoms with van der Waals surface area (Å²) in [5.74, 6) is 0.955. The fourth-order valence-corrected chi connectivity index (χ4v) is 11.8. The summed E-state index contributed by atoms with van der Waals surface area (Å²) in [5, 5.41) is 8.73. The molecule has 2 fully saturated rings. The first kappa shape index (κ1) is 59.0. The van der Waals surface area contributed by atoms with Gasteiger partial charge in [-0.1, -0.05) is 23.7 Å². The van der Waals surface area contributed by atoms with Gasteiger partial charge in [0.05, 0.1) is 94.1 Å². The van der Waals surface area contributed by atoms with Crippen molar-refractivity contribution in [3.63, 3.8) is 0 Å². The highest BCUT2D eigenvalue weighted by atomic mass is 35.5. The Labute approximate surface area is 476 Å². The molecule has 0 unspecified atom stereocenters. The molecule has 2 saturated heterocycles. The number of aromatic nitrogens is 4. The molecule has 81 heavy (non-hydrogen) atoms. The molecule has 4 aliphatic rings. The maximum Gasteiger partial charge on any atom is 0.737 e. The van der Waals surface area contributed by atoms with E-state index in [0.717, 1.165) is 53.7 Å². The van der Waals surface area contributed by atoms with Crippen molar-refractivity contribution in [2.75, 3.05) is 121 Å². The quantitative estimate of drug-likeness (QED) is 0.0297. The Balaban J connectivity index is 0.582. The number of carbonyl (C=O) groups is 2. The number of rotatable bonds is 28. The minimum atomic E-state index is -4.17. The van der Waals surface area contributed by atoms with Gasteiger partial charge in [0, 0.05) is 100 Å². The van der Waals surface area contributed by atoms with E-state index in [-0.39, 0.29) is 59.5 Å². The van der Waals surface area contributed by atoms with Crippen molar-refractivity contribution in [1.82, 2.24) is 34.5 Å². The molecule has 5 aromatic rings. The average Bonchev–Trinajstić information content (AvgIpc) is 3.39. The van der Waals surface area contributed by atoms with Crippen LogP contribution in [0.2, 0.25) is 5.02 Å². The molecular formula is C56H71BClF2N11O9S. The average molecular weight is 1160 g/mol. The number of aryl methyl sites for hydroxylation is 1. The Morgan fingerprint density at radius 2 is 1.56 bits per heavy atom. The number of amides is 2. The van der Waals surface area contributed by atoms with Gasteiger partial charge in [-0.15, -0.1) is 0 Å². The highest BCUT2D eigenvalue weighted by Crippen LogP contribution is 2.36. The number of allylic oxidation sites excluding steroid dienone is 2. The lowest BCUT2D eigenvalue weighted by Crippen LogP contribution is -2.54. The van der Waals surface area contributed by atoms with Gasteiger partial charge in [0.1, 0.15) is 16.5 Å². The predicted octanol–water partition coefficient (Wildman–Crippen LogP) is 6.90. The lowest BCUT2D eigenvalue weighted by Gasteiger charge is -2.43. The summed E-state index contributed by atoms with van der Waals surface area (Å²) in [7, 11) is -1.97. The summed E-state index contributed by atoms with van der Waals surface area (Å²) in [5.41, 5.74) is 4.30. The Kier molecular flexibility index (Phi) is 19.9. The second kappa shape index (κ2) is 27.4. The molecule has 9 rings (SSSR count). The SMILES string of the molecule is COc1cc(N2CCC(N3CCN(C(=O)CCOCCOCCOCCOCCNC(=O)CCc4ccc5n4[B-](F)(F)[N+]4=C(c6ccc[nH]6)C=CC4=C5)CC3)CC2)ccc1Nc1ncc(Cl)c(Nc2ccccc2S(=O)(=O)C(C)C)n1. The second-order valence-electron chi connectivity index (χ2n) is 20.2. The zero-order valence-corrected chi connectivity index (χ0v) is 47.5. The van der Waals surface area contributed by atoms with Gasteiger partial charge in [-0.3, -0.25) is 14.5 Å². The van der Waals surface area contributed by atoms with Gasteiger partial charge >= 0.3 is 6.97 Å². The number of halogens is 3. The van der Waals surface area contributed by atoms with Crippen LogP contribution in [0.5, 0.6) is 5.75 Å². The zero-order chi connectivity index (χ0) is 56.9. The van der Waals surface area contributed by atoms with Gasteiger partial charge in [-0.25, -0.2) is 13.4 Å².